The third-order valence-corrected chi connectivity index (χ3v) is 21.4. The van der Waals surface area contributed by atoms with Crippen LogP contribution in [0.2, 0.25) is 0 Å². The summed E-state index contributed by atoms with van der Waals surface area (Å²) < 4.78 is 0. The maximum atomic E-state index is 2.67. The van der Waals surface area contributed by atoms with E-state index in [1.165, 1.54) is 120 Å². The van der Waals surface area contributed by atoms with E-state index in [9.17, 15) is 0 Å². The minimum absolute atomic E-state index is 0.564. The van der Waals surface area contributed by atoms with Gasteiger partial charge in [0.15, 0.2) is 0 Å². The summed E-state index contributed by atoms with van der Waals surface area (Å²) in [5.74, 6) is 0. The molecule has 13 aromatic carbocycles. The van der Waals surface area contributed by atoms with Crippen molar-refractivity contribution in [1.29, 1.82) is 0 Å². The number of para-hydroxylation sites is 1. The van der Waals surface area contributed by atoms with Gasteiger partial charge in [-0.05, 0) is 143 Å². The minimum atomic E-state index is -0.568. The van der Waals surface area contributed by atoms with Gasteiger partial charge in [-0.2, -0.15) is 0 Å². The van der Waals surface area contributed by atoms with Gasteiger partial charge in [0, 0.05) is 36.3 Å². The van der Waals surface area contributed by atoms with Crippen molar-refractivity contribution in [3.63, 3.8) is 0 Å². The highest BCUT2D eigenvalue weighted by molar-refractivity contribution is 7.99. The summed E-state index contributed by atoms with van der Waals surface area (Å²) >= 11 is 3.79. The van der Waals surface area contributed by atoms with E-state index in [1.807, 2.05) is 23.5 Å². The van der Waals surface area contributed by atoms with Crippen LogP contribution in [0, 0.1) is 0 Å². The fourth-order valence-electron chi connectivity index (χ4n) is 16.1. The van der Waals surface area contributed by atoms with Crippen molar-refractivity contribution in [3.8, 4) is 44.5 Å². The molecule has 0 radical (unpaired) electrons. The van der Waals surface area contributed by atoms with Crippen molar-refractivity contribution in [2.75, 3.05) is 4.90 Å². The Labute approximate surface area is 498 Å². The first-order valence-electron chi connectivity index (χ1n) is 29.2. The largest absolute Gasteiger partial charge is 0.309 e. The zero-order valence-electron chi connectivity index (χ0n) is 45.7. The molecule has 0 N–H and O–H groups in total. The number of nitrogens with zero attached hydrogens (tertiary/aromatic N) is 1. The van der Waals surface area contributed by atoms with Crippen molar-refractivity contribution in [2.24, 2.45) is 0 Å². The summed E-state index contributed by atoms with van der Waals surface area (Å²) in [4.78, 5) is 7.85. The topological polar surface area (TPSA) is 3.24 Å². The molecule has 13 aromatic rings. The zero-order chi connectivity index (χ0) is 55.1. The Hall–Kier alpha value is -9.64. The zero-order valence-corrected chi connectivity index (χ0v) is 47.3. The molecule has 0 saturated heterocycles. The molecular formula is C81H51NS2. The van der Waals surface area contributed by atoms with Crippen LogP contribution in [-0.4, -0.2) is 0 Å². The summed E-state index contributed by atoms with van der Waals surface area (Å²) in [5, 5.41) is 0. The number of benzene rings is 13. The molecular weight excluding hydrogens is 1050 g/mol. The average molecular weight is 1100 g/mol. The molecule has 392 valence electrons. The Bertz CT molecular complexity index is 4560. The quantitative estimate of drug-likeness (QED) is 0.163. The molecule has 3 aliphatic carbocycles. The summed E-state index contributed by atoms with van der Waals surface area (Å²) in [7, 11) is 0. The molecule has 2 heterocycles. The minimum Gasteiger partial charge on any atom is -0.309 e. The first-order chi connectivity index (χ1) is 41.7. The van der Waals surface area contributed by atoms with Gasteiger partial charge < -0.3 is 4.90 Å². The highest BCUT2D eigenvalue weighted by Crippen LogP contribution is 2.68. The molecule has 5 aliphatic rings. The molecule has 0 atom stereocenters. The fourth-order valence-corrected chi connectivity index (χ4v) is 18.4. The van der Waals surface area contributed by atoms with Crippen molar-refractivity contribution in [3.05, 3.63) is 376 Å². The fraction of sp³-hybridized carbons (Fsp3) is 0.0370. The van der Waals surface area contributed by atoms with Crippen LogP contribution >= 0.6 is 23.5 Å². The van der Waals surface area contributed by atoms with Gasteiger partial charge in [-0.1, -0.05) is 284 Å². The molecule has 18 rings (SSSR count). The first-order valence-corrected chi connectivity index (χ1v) is 30.8. The normalized spacial score (nSPS) is 14.9. The van der Waals surface area contributed by atoms with E-state index >= 15 is 0 Å². The van der Waals surface area contributed by atoms with Gasteiger partial charge in [0.05, 0.1) is 33.3 Å². The Morgan fingerprint density at radius 2 is 0.548 bits per heavy atom. The number of fused-ring (bicyclic) bond motifs is 21. The predicted molar refractivity (Wildman–Crippen MR) is 347 cm³/mol. The average Bonchev–Trinajstić information content (AvgIpc) is 2.13. The van der Waals surface area contributed by atoms with E-state index in [0.29, 0.717) is 0 Å². The van der Waals surface area contributed by atoms with Crippen LogP contribution in [0.25, 0.3) is 44.5 Å². The van der Waals surface area contributed by atoms with E-state index in [-0.39, 0.29) is 0 Å². The van der Waals surface area contributed by atoms with E-state index in [1.54, 1.807) is 0 Å². The lowest BCUT2D eigenvalue weighted by molar-refractivity contribution is 0.722. The SMILES string of the molecule is c1ccc(C2(c3ccccc3)c3ccccc3-c3ccc(-c4ccccc4N(c4cccc5c4-c4ccccc4C54c5ccccc5Sc5ccccc54)c4cccc5c4-c4ccccc4C54c5ccccc5Sc5ccccc54)cc32)cc1. The summed E-state index contributed by atoms with van der Waals surface area (Å²) in [6.45, 7) is 0. The number of hydrogen-bond acceptors (Lipinski definition) is 3. The van der Waals surface area contributed by atoms with E-state index in [2.05, 4.69) is 314 Å². The lowest BCUT2D eigenvalue weighted by Gasteiger charge is -2.40. The first kappa shape index (κ1) is 47.9. The van der Waals surface area contributed by atoms with Gasteiger partial charge in [-0.3, -0.25) is 0 Å². The monoisotopic (exact) mass is 1100 g/mol. The second-order valence-corrected chi connectivity index (χ2v) is 25.0. The Morgan fingerprint density at radius 1 is 0.214 bits per heavy atom. The lowest BCUT2D eigenvalue weighted by atomic mass is 9.67. The van der Waals surface area contributed by atoms with Gasteiger partial charge in [-0.25, -0.2) is 0 Å². The van der Waals surface area contributed by atoms with Gasteiger partial charge in [0.25, 0.3) is 0 Å². The molecule has 0 saturated carbocycles. The molecule has 0 amide bonds. The lowest BCUT2D eigenvalue weighted by Crippen LogP contribution is -2.32. The van der Waals surface area contributed by atoms with Crippen LogP contribution < -0.4 is 4.90 Å². The highest BCUT2D eigenvalue weighted by atomic mass is 32.2. The third-order valence-electron chi connectivity index (χ3n) is 19.1. The third kappa shape index (κ3) is 6.22. The predicted octanol–water partition coefficient (Wildman–Crippen LogP) is 20.8. The standard InChI is InChI=1S/C81H51NS2/c1-3-25-53(26-4-1)79(54-27-5-2-6-28-54)60-33-11-7-30-56(60)57-50-49-52(51-69(57)79)55-29-10-18-42-70(55)82(71-43-23-40-67-77(71)58-31-8-12-34-61(58)80(67)63-36-14-19-45-73(63)83-74-46-20-15-37-64(74)80)72-44-24-41-68-78(72)59-32-9-13-35-62(59)81(68)65-38-16-21-47-75(65)84-76-48-22-17-39-66(76)81/h1-51H. The molecule has 84 heavy (non-hydrogen) atoms. The van der Waals surface area contributed by atoms with Crippen LogP contribution in [0.15, 0.2) is 329 Å². The van der Waals surface area contributed by atoms with Crippen molar-refractivity contribution < 1.29 is 0 Å². The van der Waals surface area contributed by atoms with Gasteiger partial charge in [0.1, 0.15) is 0 Å². The summed E-state index contributed by atoms with van der Waals surface area (Å²) in [5.41, 5.74) is 27.2. The maximum Gasteiger partial charge on any atom is 0.0736 e. The van der Waals surface area contributed by atoms with E-state index < -0.39 is 16.2 Å². The van der Waals surface area contributed by atoms with E-state index in [4.69, 9.17) is 0 Å². The summed E-state index contributed by atoms with van der Waals surface area (Å²) in [6, 6.07) is 118. The van der Waals surface area contributed by atoms with Gasteiger partial charge in [-0.15, -0.1) is 0 Å². The Balaban J connectivity index is 0.956. The Morgan fingerprint density at radius 3 is 1.01 bits per heavy atom. The molecule has 0 aromatic heterocycles. The van der Waals surface area contributed by atoms with Gasteiger partial charge in [0.2, 0.25) is 0 Å². The summed E-state index contributed by atoms with van der Waals surface area (Å²) in [6.07, 6.45) is 0. The van der Waals surface area contributed by atoms with Crippen LogP contribution in [-0.2, 0) is 16.2 Å². The number of hydrogen-bond donors (Lipinski definition) is 0. The van der Waals surface area contributed by atoms with Gasteiger partial charge >= 0.3 is 0 Å². The molecule has 2 aliphatic heterocycles. The smallest absolute Gasteiger partial charge is 0.0736 e. The second kappa shape index (κ2) is 18.2. The molecule has 1 nitrogen and oxygen atoms in total. The molecule has 0 unspecified atom stereocenters. The number of anilines is 3. The van der Waals surface area contributed by atoms with Crippen LogP contribution in [0.3, 0.4) is 0 Å². The van der Waals surface area contributed by atoms with Crippen molar-refractivity contribution in [1.82, 2.24) is 0 Å². The molecule has 2 spiro atoms. The van der Waals surface area contributed by atoms with Crippen LogP contribution in [0.4, 0.5) is 17.1 Å². The maximum absolute atomic E-state index is 2.67. The second-order valence-electron chi connectivity index (χ2n) is 22.8. The van der Waals surface area contributed by atoms with E-state index in [0.717, 1.165) is 28.2 Å². The Kier molecular flexibility index (Phi) is 10.4. The molecule has 0 bridgehead atoms. The molecule has 0 fully saturated rings. The van der Waals surface area contributed by atoms with Crippen LogP contribution in [0.5, 0.6) is 0 Å². The highest BCUT2D eigenvalue weighted by Gasteiger charge is 2.54. The van der Waals surface area contributed by atoms with Crippen molar-refractivity contribution >= 4 is 40.6 Å². The molecule has 3 heteroatoms. The van der Waals surface area contributed by atoms with Crippen LogP contribution in [0.1, 0.15) is 66.8 Å². The number of rotatable bonds is 6. The van der Waals surface area contributed by atoms with Crippen molar-refractivity contribution in [2.45, 2.75) is 35.8 Å².